The summed E-state index contributed by atoms with van der Waals surface area (Å²) < 4.78 is 10.9. The summed E-state index contributed by atoms with van der Waals surface area (Å²) in [6.07, 6.45) is 2.78. The van der Waals surface area contributed by atoms with Gasteiger partial charge in [-0.05, 0) is 30.9 Å². The summed E-state index contributed by atoms with van der Waals surface area (Å²) in [5.74, 6) is 0. The maximum Gasteiger partial charge on any atom is 0.0784 e. The van der Waals surface area contributed by atoms with E-state index in [-0.39, 0.29) is 6.10 Å². The Bertz CT molecular complexity index is 363. The highest BCUT2D eigenvalue weighted by molar-refractivity contribution is 5.26. The van der Waals surface area contributed by atoms with Gasteiger partial charge in [-0.25, -0.2) is 0 Å². The van der Waals surface area contributed by atoms with Crippen LogP contribution in [0.1, 0.15) is 30.9 Å². The molecule has 0 radical (unpaired) electrons. The van der Waals surface area contributed by atoms with Gasteiger partial charge in [0.05, 0.1) is 19.3 Å². The third-order valence-corrected chi connectivity index (χ3v) is 3.20. The minimum atomic E-state index is 0.138. The fourth-order valence-corrected chi connectivity index (χ4v) is 1.93. The molecule has 0 saturated heterocycles. The molecule has 0 aliphatic heterocycles. The lowest BCUT2D eigenvalue weighted by molar-refractivity contribution is -0.000394. The van der Waals surface area contributed by atoms with Crippen LogP contribution in [-0.2, 0) is 22.6 Å². The smallest absolute Gasteiger partial charge is 0.0784 e. The van der Waals surface area contributed by atoms with E-state index in [1.54, 1.807) is 7.11 Å². The van der Waals surface area contributed by atoms with Gasteiger partial charge in [-0.3, -0.25) is 0 Å². The van der Waals surface area contributed by atoms with Crippen LogP contribution in [0.4, 0.5) is 0 Å². The molecular formula is C15H23NO2. The molecule has 1 aliphatic rings. The molecule has 1 N–H and O–H groups in total. The van der Waals surface area contributed by atoms with Gasteiger partial charge in [0.1, 0.15) is 0 Å². The Labute approximate surface area is 109 Å². The molecule has 1 fully saturated rings. The molecule has 100 valence electrons. The van der Waals surface area contributed by atoms with Crippen LogP contribution in [0.2, 0.25) is 0 Å². The van der Waals surface area contributed by atoms with Gasteiger partial charge < -0.3 is 14.8 Å². The quantitative estimate of drug-likeness (QED) is 0.768. The fourth-order valence-electron chi connectivity index (χ4n) is 1.93. The maximum absolute atomic E-state index is 5.78. The Morgan fingerprint density at radius 3 is 2.67 bits per heavy atom. The van der Waals surface area contributed by atoms with Crippen LogP contribution in [0.15, 0.2) is 24.3 Å². The van der Waals surface area contributed by atoms with Crippen molar-refractivity contribution in [1.82, 2.24) is 5.32 Å². The van der Waals surface area contributed by atoms with Gasteiger partial charge in [0.2, 0.25) is 0 Å². The lowest BCUT2D eigenvalue weighted by Gasteiger charge is -2.14. The van der Waals surface area contributed by atoms with Crippen LogP contribution < -0.4 is 5.32 Å². The number of ether oxygens (including phenoxy) is 2. The Morgan fingerprint density at radius 2 is 2.00 bits per heavy atom. The monoisotopic (exact) mass is 249 g/mol. The minimum Gasteiger partial charge on any atom is -0.382 e. The zero-order valence-electron chi connectivity index (χ0n) is 11.3. The highest BCUT2D eigenvalue weighted by atomic mass is 16.5. The van der Waals surface area contributed by atoms with E-state index in [1.165, 1.54) is 24.0 Å². The average molecular weight is 249 g/mol. The van der Waals surface area contributed by atoms with Crippen LogP contribution in [0.5, 0.6) is 0 Å². The van der Waals surface area contributed by atoms with E-state index in [1.807, 2.05) is 6.92 Å². The Kier molecular flexibility index (Phi) is 5.17. The van der Waals surface area contributed by atoms with Gasteiger partial charge in [-0.1, -0.05) is 24.3 Å². The van der Waals surface area contributed by atoms with Crippen molar-refractivity contribution >= 4 is 0 Å². The van der Waals surface area contributed by atoms with E-state index in [4.69, 9.17) is 9.47 Å². The Morgan fingerprint density at radius 1 is 1.28 bits per heavy atom. The standard InChI is InChI=1S/C15H23NO2/c1-12(10-17-2)18-11-14-6-4-3-5-13(14)9-16-15-7-8-15/h3-6,12,15-16H,7-11H2,1-2H3. The normalized spacial score (nSPS) is 16.8. The molecular weight excluding hydrogens is 226 g/mol. The molecule has 1 aromatic carbocycles. The van der Waals surface area contributed by atoms with Gasteiger partial charge in [-0.15, -0.1) is 0 Å². The van der Waals surface area contributed by atoms with Crippen LogP contribution >= 0.6 is 0 Å². The summed E-state index contributed by atoms with van der Waals surface area (Å²) in [7, 11) is 1.70. The maximum atomic E-state index is 5.78. The number of hydrogen-bond acceptors (Lipinski definition) is 3. The molecule has 1 saturated carbocycles. The van der Waals surface area contributed by atoms with Gasteiger partial charge in [0.15, 0.2) is 0 Å². The first-order chi connectivity index (χ1) is 8.79. The predicted octanol–water partition coefficient (Wildman–Crippen LogP) is 2.49. The molecule has 0 aromatic heterocycles. The van der Waals surface area contributed by atoms with Crippen LogP contribution in [0, 0.1) is 0 Å². The van der Waals surface area contributed by atoms with E-state index in [0.29, 0.717) is 13.2 Å². The summed E-state index contributed by atoms with van der Waals surface area (Å²) in [5.41, 5.74) is 2.61. The number of hydrogen-bond donors (Lipinski definition) is 1. The molecule has 0 bridgehead atoms. The molecule has 1 aliphatic carbocycles. The summed E-state index contributed by atoms with van der Waals surface area (Å²) in [4.78, 5) is 0. The number of rotatable bonds is 8. The second-order valence-electron chi connectivity index (χ2n) is 5.00. The van der Waals surface area contributed by atoms with Gasteiger partial charge >= 0.3 is 0 Å². The molecule has 3 nitrogen and oxygen atoms in total. The van der Waals surface area contributed by atoms with E-state index in [0.717, 1.165) is 12.6 Å². The summed E-state index contributed by atoms with van der Waals surface area (Å²) in [6, 6.07) is 9.22. The number of benzene rings is 1. The molecule has 1 aromatic rings. The Balaban J connectivity index is 1.85. The molecule has 1 atom stereocenters. The largest absolute Gasteiger partial charge is 0.382 e. The van der Waals surface area contributed by atoms with Crippen LogP contribution in [-0.4, -0.2) is 25.9 Å². The van der Waals surface area contributed by atoms with Crippen molar-refractivity contribution in [2.24, 2.45) is 0 Å². The van der Waals surface area contributed by atoms with Crippen molar-refractivity contribution in [3.8, 4) is 0 Å². The first-order valence-electron chi connectivity index (χ1n) is 6.70. The third kappa shape index (κ3) is 4.41. The lowest BCUT2D eigenvalue weighted by Crippen LogP contribution is -2.18. The van der Waals surface area contributed by atoms with Gasteiger partial charge in [0.25, 0.3) is 0 Å². The number of nitrogens with one attached hydrogen (secondary N) is 1. The van der Waals surface area contributed by atoms with Crippen molar-refractivity contribution in [2.45, 2.75) is 45.1 Å². The highest BCUT2D eigenvalue weighted by Crippen LogP contribution is 2.20. The molecule has 0 spiro atoms. The van der Waals surface area contributed by atoms with E-state index in [9.17, 15) is 0 Å². The first kappa shape index (κ1) is 13.5. The second kappa shape index (κ2) is 6.88. The average Bonchev–Trinajstić information content (AvgIpc) is 3.19. The first-order valence-corrected chi connectivity index (χ1v) is 6.70. The molecule has 2 rings (SSSR count). The molecule has 0 heterocycles. The van der Waals surface area contributed by atoms with Crippen LogP contribution in [0.3, 0.4) is 0 Å². The summed E-state index contributed by atoms with van der Waals surface area (Å²) in [5, 5.41) is 3.55. The SMILES string of the molecule is COCC(C)OCc1ccccc1CNC1CC1. The van der Waals surface area contributed by atoms with Crippen LogP contribution in [0.25, 0.3) is 0 Å². The second-order valence-corrected chi connectivity index (χ2v) is 5.00. The zero-order valence-corrected chi connectivity index (χ0v) is 11.3. The van der Waals surface area contributed by atoms with Crippen molar-refractivity contribution in [1.29, 1.82) is 0 Å². The van der Waals surface area contributed by atoms with Crippen molar-refractivity contribution < 1.29 is 9.47 Å². The van der Waals surface area contributed by atoms with Gasteiger partial charge in [-0.2, -0.15) is 0 Å². The van der Waals surface area contributed by atoms with E-state index < -0.39 is 0 Å². The summed E-state index contributed by atoms with van der Waals surface area (Å²) >= 11 is 0. The molecule has 0 amide bonds. The molecule has 1 unspecified atom stereocenters. The fraction of sp³-hybridized carbons (Fsp3) is 0.600. The van der Waals surface area contributed by atoms with E-state index in [2.05, 4.69) is 29.6 Å². The van der Waals surface area contributed by atoms with Crippen molar-refractivity contribution in [3.63, 3.8) is 0 Å². The van der Waals surface area contributed by atoms with E-state index >= 15 is 0 Å². The molecule has 18 heavy (non-hydrogen) atoms. The van der Waals surface area contributed by atoms with Crippen molar-refractivity contribution in [2.75, 3.05) is 13.7 Å². The Hall–Kier alpha value is -0.900. The highest BCUT2D eigenvalue weighted by Gasteiger charge is 2.20. The summed E-state index contributed by atoms with van der Waals surface area (Å²) in [6.45, 7) is 4.28. The van der Waals surface area contributed by atoms with Gasteiger partial charge in [0, 0.05) is 19.7 Å². The topological polar surface area (TPSA) is 30.5 Å². The zero-order chi connectivity index (χ0) is 12.8. The predicted molar refractivity (Wildman–Crippen MR) is 72.4 cm³/mol. The number of methoxy groups -OCH3 is 1. The van der Waals surface area contributed by atoms with Crippen molar-refractivity contribution in [3.05, 3.63) is 35.4 Å². The molecule has 3 heteroatoms. The minimum absolute atomic E-state index is 0.138. The lowest BCUT2D eigenvalue weighted by atomic mass is 10.1. The third-order valence-electron chi connectivity index (χ3n) is 3.20.